The number of anilines is 1. The average molecular weight is 275 g/mol. The second-order valence-electron chi connectivity index (χ2n) is 5.14. The lowest BCUT2D eigenvalue weighted by Gasteiger charge is -2.26. The SMILES string of the molecule is Nc1cccc(CC(=O)NCC(=O)N2CCCCC2)c1. The van der Waals surface area contributed by atoms with Gasteiger partial charge in [0.1, 0.15) is 0 Å². The maximum absolute atomic E-state index is 11.9. The van der Waals surface area contributed by atoms with Gasteiger partial charge in [-0.2, -0.15) is 0 Å². The lowest BCUT2D eigenvalue weighted by atomic mass is 10.1. The Hall–Kier alpha value is -2.04. The number of piperidine rings is 1. The molecule has 1 heterocycles. The molecule has 0 aliphatic carbocycles. The molecule has 20 heavy (non-hydrogen) atoms. The van der Waals surface area contributed by atoms with Gasteiger partial charge in [0, 0.05) is 18.8 Å². The van der Waals surface area contributed by atoms with Crippen molar-refractivity contribution < 1.29 is 9.59 Å². The van der Waals surface area contributed by atoms with Gasteiger partial charge in [0.25, 0.3) is 0 Å². The summed E-state index contributed by atoms with van der Waals surface area (Å²) < 4.78 is 0. The van der Waals surface area contributed by atoms with E-state index in [-0.39, 0.29) is 24.8 Å². The number of hydrogen-bond donors (Lipinski definition) is 2. The van der Waals surface area contributed by atoms with Gasteiger partial charge in [-0.3, -0.25) is 9.59 Å². The first-order valence-electron chi connectivity index (χ1n) is 7.04. The molecule has 5 heteroatoms. The summed E-state index contributed by atoms with van der Waals surface area (Å²) in [4.78, 5) is 25.5. The zero-order chi connectivity index (χ0) is 14.4. The van der Waals surface area contributed by atoms with E-state index >= 15 is 0 Å². The standard InChI is InChI=1S/C15H21N3O2/c16-13-6-4-5-12(9-13)10-14(19)17-11-15(20)18-7-2-1-3-8-18/h4-6,9H,1-3,7-8,10-11,16H2,(H,17,19). The normalized spacial score (nSPS) is 14.9. The highest BCUT2D eigenvalue weighted by Gasteiger charge is 2.16. The third kappa shape index (κ3) is 4.26. The molecule has 1 fully saturated rings. The Labute approximate surface area is 119 Å². The van der Waals surface area contributed by atoms with Gasteiger partial charge < -0.3 is 16.0 Å². The Bertz CT molecular complexity index is 482. The number of hydrogen-bond acceptors (Lipinski definition) is 3. The molecule has 1 aliphatic heterocycles. The fourth-order valence-corrected chi connectivity index (χ4v) is 2.38. The lowest BCUT2D eigenvalue weighted by molar-refractivity contribution is -0.133. The predicted molar refractivity (Wildman–Crippen MR) is 78.0 cm³/mol. The van der Waals surface area contributed by atoms with E-state index in [4.69, 9.17) is 5.73 Å². The first-order chi connectivity index (χ1) is 9.65. The molecule has 0 bridgehead atoms. The highest BCUT2D eigenvalue weighted by atomic mass is 16.2. The maximum Gasteiger partial charge on any atom is 0.241 e. The van der Waals surface area contributed by atoms with Crippen molar-refractivity contribution >= 4 is 17.5 Å². The third-order valence-corrected chi connectivity index (χ3v) is 3.46. The average Bonchev–Trinajstić information content (AvgIpc) is 2.46. The predicted octanol–water partition coefficient (Wildman–Crippen LogP) is 0.940. The van der Waals surface area contributed by atoms with Crippen LogP contribution < -0.4 is 11.1 Å². The minimum absolute atomic E-state index is 0.00521. The second-order valence-corrected chi connectivity index (χ2v) is 5.14. The molecular weight excluding hydrogens is 254 g/mol. The highest BCUT2D eigenvalue weighted by Crippen LogP contribution is 2.09. The molecule has 1 saturated heterocycles. The van der Waals surface area contributed by atoms with Crippen LogP contribution in [0.15, 0.2) is 24.3 Å². The lowest BCUT2D eigenvalue weighted by Crippen LogP contribution is -2.42. The number of rotatable bonds is 4. The van der Waals surface area contributed by atoms with Gasteiger partial charge in [0.05, 0.1) is 13.0 Å². The summed E-state index contributed by atoms with van der Waals surface area (Å²) in [7, 11) is 0. The molecular formula is C15H21N3O2. The van der Waals surface area contributed by atoms with Crippen LogP contribution in [0.1, 0.15) is 24.8 Å². The molecule has 3 N–H and O–H groups in total. The van der Waals surface area contributed by atoms with E-state index in [1.165, 1.54) is 6.42 Å². The fourth-order valence-electron chi connectivity index (χ4n) is 2.38. The fraction of sp³-hybridized carbons (Fsp3) is 0.467. The van der Waals surface area contributed by atoms with Crippen molar-refractivity contribution in [1.82, 2.24) is 10.2 Å². The van der Waals surface area contributed by atoms with Gasteiger partial charge in [0.2, 0.25) is 11.8 Å². The first-order valence-corrected chi connectivity index (χ1v) is 7.04. The number of likely N-dealkylation sites (tertiary alicyclic amines) is 1. The minimum atomic E-state index is -0.152. The van der Waals surface area contributed by atoms with Crippen LogP contribution in [0.3, 0.4) is 0 Å². The maximum atomic E-state index is 11.9. The number of carbonyl (C=O) groups excluding carboxylic acids is 2. The van der Waals surface area contributed by atoms with Crippen molar-refractivity contribution in [3.63, 3.8) is 0 Å². The zero-order valence-electron chi connectivity index (χ0n) is 11.6. The van der Waals surface area contributed by atoms with Crippen molar-refractivity contribution in [3.05, 3.63) is 29.8 Å². The Balaban J connectivity index is 1.75. The number of nitrogens with two attached hydrogens (primary N) is 1. The van der Waals surface area contributed by atoms with Crippen LogP contribution in [-0.2, 0) is 16.0 Å². The molecule has 1 aromatic carbocycles. The summed E-state index contributed by atoms with van der Waals surface area (Å²) in [5.41, 5.74) is 7.15. The van der Waals surface area contributed by atoms with Gasteiger partial charge in [-0.15, -0.1) is 0 Å². The molecule has 2 amide bonds. The van der Waals surface area contributed by atoms with E-state index in [1.807, 2.05) is 17.0 Å². The molecule has 1 aliphatic rings. The number of nitrogens with one attached hydrogen (secondary N) is 1. The molecule has 0 spiro atoms. The molecule has 0 unspecified atom stereocenters. The number of benzene rings is 1. The molecule has 0 atom stereocenters. The van der Waals surface area contributed by atoms with Crippen LogP contribution >= 0.6 is 0 Å². The van der Waals surface area contributed by atoms with Crippen molar-refractivity contribution in [1.29, 1.82) is 0 Å². The van der Waals surface area contributed by atoms with E-state index < -0.39 is 0 Å². The molecule has 0 radical (unpaired) electrons. The largest absolute Gasteiger partial charge is 0.399 e. The smallest absolute Gasteiger partial charge is 0.241 e. The van der Waals surface area contributed by atoms with Crippen molar-refractivity contribution in [2.24, 2.45) is 0 Å². The van der Waals surface area contributed by atoms with Gasteiger partial charge in [0.15, 0.2) is 0 Å². The van der Waals surface area contributed by atoms with Gasteiger partial charge in [-0.25, -0.2) is 0 Å². The molecule has 1 aromatic rings. The van der Waals surface area contributed by atoms with E-state index in [1.54, 1.807) is 12.1 Å². The van der Waals surface area contributed by atoms with Crippen LogP contribution in [0.25, 0.3) is 0 Å². The van der Waals surface area contributed by atoms with Crippen molar-refractivity contribution in [3.8, 4) is 0 Å². The first kappa shape index (κ1) is 14.4. The summed E-state index contributed by atoms with van der Waals surface area (Å²) in [5.74, 6) is -0.147. The number of nitrogens with zero attached hydrogens (tertiary/aromatic N) is 1. The van der Waals surface area contributed by atoms with E-state index in [0.717, 1.165) is 31.5 Å². The number of nitrogen functional groups attached to an aromatic ring is 1. The monoisotopic (exact) mass is 275 g/mol. The molecule has 0 aromatic heterocycles. The highest BCUT2D eigenvalue weighted by molar-refractivity contribution is 5.85. The molecule has 2 rings (SSSR count). The third-order valence-electron chi connectivity index (χ3n) is 3.46. The summed E-state index contributed by atoms with van der Waals surface area (Å²) in [6.45, 7) is 1.70. The summed E-state index contributed by atoms with van der Waals surface area (Å²) >= 11 is 0. The van der Waals surface area contributed by atoms with Crippen LogP contribution in [0, 0.1) is 0 Å². The second kappa shape index (κ2) is 6.93. The van der Waals surface area contributed by atoms with Crippen LogP contribution in [0.2, 0.25) is 0 Å². The topological polar surface area (TPSA) is 75.4 Å². The van der Waals surface area contributed by atoms with E-state index in [9.17, 15) is 9.59 Å². The minimum Gasteiger partial charge on any atom is -0.399 e. The number of carbonyl (C=O) groups is 2. The molecule has 0 saturated carbocycles. The van der Waals surface area contributed by atoms with Crippen LogP contribution in [0.5, 0.6) is 0 Å². The Morgan fingerprint density at radius 2 is 1.95 bits per heavy atom. The summed E-state index contributed by atoms with van der Waals surface area (Å²) in [5, 5.41) is 2.68. The quantitative estimate of drug-likeness (QED) is 0.803. The van der Waals surface area contributed by atoms with Gasteiger partial charge in [-0.05, 0) is 37.0 Å². The summed E-state index contributed by atoms with van der Waals surface area (Å²) in [6.07, 6.45) is 3.55. The van der Waals surface area contributed by atoms with E-state index in [0.29, 0.717) is 5.69 Å². The zero-order valence-corrected chi connectivity index (χ0v) is 11.6. The Kier molecular flexibility index (Phi) is 4.98. The van der Waals surface area contributed by atoms with Gasteiger partial charge in [-0.1, -0.05) is 12.1 Å². The van der Waals surface area contributed by atoms with Crippen molar-refractivity contribution in [2.45, 2.75) is 25.7 Å². The Morgan fingerprint density at radius 3 is 2.65 bits per heavy atom. The van der Waals surface area contributed by atoms with E-state index in [2.05, 4.69) is 5.32 Å². The van der Waals surface area contributed by atoms with Crippen molar-refractivity contribution in [2.75, 3.05) is 25.4 Å². The molecule has 108 valence electrons. The van der Waals surface area contributed by atoms with Crippen LogP contribution in [0.4, 0.5) is 5.69 Å². The number of amides is 2. The summed E-state index contributed by atoms with van der Waals surface area (Å²) in [6, 6.07) is 7.21. The van der Waals surface area contributed by atoms with Crippen LogP contribution in [-0.4, -0.2) is 36.3 Å². The Morgan fingerprint density at radius 1 is 1.20 bits per heavy atom. The van der Waals surface area contributed by atoms with Gasteiger partial charge >= 0.3 is 0 Å². The molecule has 5 nitrogen and oxygen atoms in total.